The van der Waals surface area contributed by atoms with Gasteiger partial charge in [0.25, 0.3) is 0 Å². The summed E-state index contributed by atoms with van der Waals surface area (Å²) in [6, 6.07) is 2.01. The Bertz CT molecular complexity index is 486. The summed E-state index contributed by atoms with van der Waals surface area (Å²) in [5, 5.41) is 4.70. The lowest BCUT2D eigenvalue weighted by Crippen LogP contribution is -2.35. The first-order valence-electron chi connectivity index (χ1n) is 3.74. The summed E-state index contributed by atoms with van der Waals surface area (Å²) in [7, 11) is -4.23. The van der Waals surface area contributed by atoms with Crippen molar-refractivity contribution < 1.29 is 21.4 Å². The highest BCUT2D eigenvalue weighted by Crippen LogP contribution is 2.18. The van der Waals surface area contributed by atoms with E-state index in [1.165, 1.54) is 0 Å². The zero-order chi connectivity index (χ0) is 11.9. The average Bonchev–Trinajstić information content (AvgIpc) is 2.00. The van der Waals surface area contributed by atoms with E-state index < -0.39 is 27.4 Å². The highest BCUT2D eigenvalue weighted by atomic mass is 32.2. The maximum Gasteiger partial charge on any atom is 0.509 e. The van der Waals surface area contributed by atoms with Gasteiger partial charge in [0, 0.05) is 0 Å². The Morgan fingerprint density at radius 3 is 2.13 bits per heavy atom. The van der Waals surface area contributed by atoms with Gasteiger partial charge in [-0.3, -0.25) is 0 Å². The largest absolute Gasteiger partial charge is 0.509 e. The van der Waals surface area contributed by atoms with E-state index in [-0.39, 0.29) is 5.69 Å². The van der Waals surface area contributed by atoms with Crippen LogP contribution in [0, 0.1) is 0 Å². The van der Waals surface area contributed by atoms with Crippen molar-refractivity contribution in [1.82, 2.24) is 0 Å². The number of hydrogen-bond acceptors (Lipinski definition) is 3. The number of primary sulfonamides is 1. The van der Waals surface area contributed by atoms with Gasteiger partial charge in [-0.2, -0.15) is 0 Å². The second-order valence-electron chi connectivity index (χ2n) is 2.92. The van der Waals surface area contributed by atoms with Crippen LogP contribution in [0.2, 0.25) is 0 Å². The van der Waals surface area contributed by atoms with E-state index in [9.17, 15) is 21.4 Å². The molecular formula is C6H7BF3N2O2S-. The number of rotatable bonds is 2. The van der Waals surface area contributed by atoms with E-state index in [0.29, 0.717) is 12.1 Å². The van der Waals surface area contributed by atoms with Crippen LogP contribution in [0.3, 0.4) is 0 Å². The molecule has 1 aromatic carbocycles. The SMILES string of the molecule is Nc1ccc([B-](F)(F)F)cc1S(N)(=O)=O. The first kappa shape index (κ1) is 11.9. The van der Waals surface area contributed by atoms with E-state index in [4.69, 9.17) is 10.9 Å². The zero-order valence-corrected chi connectivity index (χ0v) is 8.14. The molecule has 1 aromatic rings. The number of halogens is 3. The van der Waals surface area contributed by atoms with Gasteiger partial charge in [0.05, 0.1) is 5.69 Å². The molecule has 0 heterocycles. The Labute approximate surface area is 84.2 Å². The van der Waals surface area contributed by atoms with Crippen molar-refractivity contribution >= 4 is 28.2 Å². The molecule has 0 amide bonds. The van der Waals surface area contributed by atoms with Gasteiger partial charge in [-0.05, 0) is 6.07 Å². The van der Waals surface area contributed by atoms with E-state index in [1.54, 1.807) is 0 Å². The molecule has 0 fully saturated rings. The summed E-state index contributed by atoms with van der Waals surface area (Å²) in [6.07, 6.45) is 0. The van der Waals surface area contributed by atoms with Gasteiger partial charge in [0.2, 0.25) is 10.0 Å². The predicted molar refractivity (Wildman–Crippen MR) is 50.9 cm³/mol. The molecule has 84 valence electrons. The molecule has 0 saturated heterocycles. The molecule has 0 bridgehead atoms. The molecule has 0 aliphatic heterocycles. The third kappa shape index (κ3) is 2.63. The van der Waals surface area contributed by atoms with Crippen LogP contribution in [0.15, 0.2) is 23.1 Å². The second-order valence-corrected chi connectivity index (χ2v) is 4.45. The van der Waals surface area contributed by atoms with Crippen LogP contribution in [0.4, 0.5) is 18.6 Å². The molecular weight excluding hydrogens is 232 g/mol. The molecule has 4 nitrogen and oxygen atoms in total. The Morgan fingerprint density at radius 2 is 1.73 bits per heavy atom. The molecule has 15 heavy (non-hydrogen) atoms. The molecule has 0 aliphatic rings. The number of hydrogen-bond donors (Lipinski definition) is 2. The summed E-state index contributed by atoms with van der Waals surface area (Å²) in [5.41, 5.74) is 3.85. The third-order valence-corrected chi connectivity index (χ3v) is 2.69. The third-order valence-electron chi connectivity index (χ3n) is 1.72. The van der Waals surface area contributed by atoms with Gasteiger partial charge in [0.15, 0.2) is 0 Å². The summed E-state index contributed by atoms with van der Waals surface area (Å²) in [5.74, 6) is 0. The summed E-state index contributed by atoms with van der Waals surface area (Å²) >= 11 is 0. The fraction of sp³-hybridized carbons (Fsp3) is 0. The Balaban J connectivity index is 3.43. The van der Waals surface area contributed by atoms with Crippen molar-refractivity contribution in [1.29, 1.82) is 0 Å². The monoisotopic (exact) mass is 239 g/mol. The Hall–Kier alpha value is -1.22. The molecule has 9 heteroatoms. The lowest BCUT2D eigenvalue weighted by molar-refractivity contribution is 0.501. The molecule has 0 aromatic heterocycles. The number of nitrogens with two attached hydrogens (primary N) is 2. The average molecular weight is 239 g/mol. The van der Waals surface area contributed by atoms with Crippen molar-refractivity contribution in [3.8, 4) is 0 Å². The van der Waals surface area contributed by atoms with Crippen LogP contribution in [-0.4, -0.2) is 15.4 Å². The van der Waals surface area contributed by atoms with Crippen LogP contribution in [0.25, 0.3) is 0 Å². The number of nitrogen functional groups attached to an aromatic ring is 1. The van der Waals surface area contributed by atoms with Gasteiger partial charge in [-0.15, -0.1) is 5.46 Å². The number of anilines is 1. The van der Waals surface area contributed by atoms with Crippen molar-refractivity contribution in [3.05, 3.63) is 18.2 Å². The van der Waals surface area contributed by atoms with Crippen molar-refractivity contribution in [3.63, 3.8) is 0 Å². The minimum absolute atomic E-state index is 0.304. The fourth-order valence-electron chi connectivity index (χ4n) is 1.00. The van der Waals surface area contributed by atoms with Crippen LogP contribution >= 0.6 is 0 Å². The van der Waals surface area contributed by atoms with Crippen molar-refractivity contribution in [2.45, 2.75) is 4.90 Å². The highest BCUT2D eigenvalue weighted by molar-refractivity contribution is 7.89. The quantitative estimate of drug-likeness (QED) is 0.561. The topological polar surface area (TPSA) is 86.2 Å². The van der Waals surface area contributed by atoms with Crippen LogP contribution in [0.1, 0.15) is 0 Å². The maximum atomic E-state index is 12.3. The molecule has 0 unspecified atom stereocenters. The minimum atomic E-state index is -5.27. The summed E-state index contributed by atoms with van der Waals surface area (Å²) in [4.78, 5) is -0.709. The lowest BCUT2D eigenvalue weighted by atomic mass is 9.80. The van der Waals surface area contributed by atoms with E-state index in [0.717, 1.165) is 6.07 Å². The highest BCUT2D eigenvalue weighted by Gasteiger charge is 2.27. The van der Waals surface area contributed by atoms with Gasteiger partial charge in [-0.1, -0.05) is 12.1 Å². The zero-order valence-electron chi connectivity index (χ0n) is 7.32. The Kier molecular flexibility index (Phi) is 2.70. The van der Waals surface area contributed by atoms with E-state index in [1.807, 2.05) is 0 Å². The normalized spacial score (nSPS) is 12.8. The Morgan fingerprint density at radius 1 is 1.20 bits per heavy atom. The van der Waals surface area contributed by atoms with Crippen LogP contribution in [-0.2, 0) is 10.0 Å². The first-order valence-corrected chi connectivity index (χ1v) is 5.29. The second kappa shape index (κ2) is 3.42. The molecule has 0 radical (unpaired) electrons. The predicted octanol–water partition coefficient (Wildman–Crippen LogP) is -0.0294. The standard InChI is InChI=1S/C6H7BF3N2O2S/c8-7(9,10)4-1-2-5(11)6(3-4)15(12,13)14/h1-3H,11H2,(H2,12,13,14)/q-1. The lowest BCUT2D eigenvalue weighted by Gasteiger charge is -2.16. The van der Waals surface area contributed by atoms with Crippen LogP contribution in [0.5, 0.6) is 0 Å². The summed E-state index contributed by atoms with van der Waals surface area (Å²) < 4.78 is 58.6. The number of benzene rings is 1. The fourth-order valence-corrected chi connectivity index (χ4v) is 1.70. The van der Waals surface area contributed by atoms with Crippen LogP contribution < -0.4 is 16.3 Å². The number of sulfonamides is 1. The molecule has 1 rings (SSSR count). The van der Waals surface area contributed by atoms with Gasteiger partial charge < -0.3 is 18.7 Å². The first-order chi connectivity index (χ1) is 6.62. The van der Waals surface area contributed by atoms with Crippen molar-refractivity contribution in [2.75, 3.05) is 5.73 Å². The molecule has 4 N–H and O–H groups in total. The minimum Gasteiger partial charge on any atom is -0.445 e. The molecule has 0 spiro atoms. The molecule has 0 saturated carbocycles. The smallest absolute Gasteiger partial charge is 0.445 e. The van der Waals surface area contributed by atoms with Gasteiger partial charge >= 0.3 is 6.98 Å². The maximum absolute atomic E-state index is 12.3. The van der Waals surface area contributed by atoms with E-state index >= 15 is 0 Å². The van der Waals surface area contributed by atoms with Crippen molar-refractivity contribution in [2.24, 2.45) is 5.14 Å². The molecule has 0 atom stereocenters. The van der Waals surface area contributed by atoms with Gasteiger partial charge in [0.1, 0.15) is 4.90 Å². The van der Waals surface area contributed by atoms with Gasteiger partial charge in [-0.25, -0.2) is 13.6 Å². The summed E-state index contributed by atoms with van der Waals surface area (Å²) in [6.45, 7) is -5.27. The molecule has 0 aliphatic carbocycles. The van der Waals surface area contributed by atoms with E-state index in [2.05, 4.69) is 0 Å².